The van der Waals surface area contributed by atoms with Crippen LogP contribution in [0.4, 0.5) is 0 Å². The van der Waals surface area contributed by atoms with E-state index in [4.69, 9.17) is 0 Å². The molecule has 0 spiro atoms. The third kappa shape index (κ3) is 3.06. The van der Waals surface area contributed by atoms with Crippen LogP contribution in [0.1, 0.15) is 18.9 Å². The number of aryl methyl sites for hydroxylation is 1. The fraction of sp³-hybridized carbons (Fsp3) is 0.312. The third-order valence-corrected chi connectivity index (χ3v) is 4.60. The van der Waals surface area contributed by atoms with Crippen molar-refractivity contribution in [3.8, 4) is 0 Å². The molecule has 0 saturated heterocycles. The van der Waals surface area contributed by atoms with E-state index in [0.29, 0.717) is 11.9 Å². The van der Waals surface area contributed by atoms with Crippen molar-refractivity contribution in [2.45, 2.75) is 31.5 Å². The summed E-state index contributed by atoms with van der Waals surface area (Å²) in [6.07, 6.45) is 5.77. The summed E-state index contributed by atoms with van der Waals surface area (Å²) in [5.41, 5.74) is 2.03. The van der Waals surface area contributed by atoms with Gasteiger partial charge in [-0.25, -0.2) is 4.98 Å². The maximum Gasteiger partial charge on any atom is 0.262 e. The number of nitrogens with one attached hydrogen (secondary N) is 1. The summed E-state index contributed by atoms with van der Waals surface area (Å²) in [7, 11) is 0. The van der Waals surface area contributed by atoms with Gasteiger partial charge in [-0.15, -0.1) is 0 Å². The first-order valence-electron chi connectivity index (χ1n) is 7.39. The zero-order valence-electron chi connectivity index (χ0n) is 12.5. The average Bonchev–Trinajstić information content (AvgIpc) is 3.05. The number of H-pyrrole nitrogens is 1. The lowest BCUT2D eigenvalue weighted by atomic mass is 10.2. The molecule has 0 radical (unpaired) electrons. The number of benzene rings is 1. The van der Waals surface area contributed by atoms with Crippen LogP contribution in [0, 0.1) is 0 Å². The molecule has 0 atom stereocenters. The second-order valence-electron chi connectivity index (χ2n) is 5.02. The van der Waals surface area contributed by atoms with Gasteiger partial charge in [-0.2, -0.15) is 5.10 Å². The van der Waals surface area contributed by atoms with Crippen LogP contribution in [0.3, 0.4) is 0 Å². The molecule has 0 aliphatic heterocycles. The van der Waals surface area contributed by atoms with Gasteiger partial charge in [0.15, 0.2) is 5.16 Å². The van der Waals surface area contributed by atoms with Gasteiger partial charge in [-0.1, -0.05) is 23.9 Å². The van der Waals surface area contributed by atoms with Crippen molar-refractivity contribution in [3.63, 3.8) is 0 Å². The summed E-state index contributed by atoms with van der Waals surface area (Å²) in [5.74, 6) is 0.927. The zero-order valence-corrected chi connectivity index (χ0v) is 13.3. The van der Waals surface area contributed by atoms with Gasteiger partial charge in [-0.05, 0) is 37.5 Å². The molecule has 0 aliphatic rings. The van der Waals surface area contributed by atoms with Crippen LogP contribution in [0.15, 0.2) is 46.6 Å². The van der Waals surface area contributed by atoms with Crippen molar-refractivity contribution in [2.24, 2.45) is 0 Å². The minimum atomic E-state index is 0.0467. The number of nitrogens with zero attached hydrogens (tertiary/aromatic N) is 3. The first-order valence-corrected chi connectivity index (χ1v) is 8.38. The highest BCUT2D eigenvalue weighted by Gasteiger charge is 2.09. The summed E-state index contributed by atoms with van der Waals surface area (Å²) in [6, 6.07) is 7.53. The lowest BCUT2D eigenvalue weighted by molar-refractivity contribution is 0.634. The molecule has 3 rings (SSSR count). The Hall–Kier alpha value is -2.08. The van der Waals surface area contributed by atoms with Crippen LogP contribution in [0.25, 0.3) is 10.9 Å². The number of hydrogen-bond donors (Lipinski definition) is 1. The number of hydrogen-bond acceptors (Lipinski definition) is 4. The van der Waals surface area contributed by atoms with E-state index in [1.54, 1.807) is 16.3 Å². The van der Waals surface area contributed by atoms with Crippen LogP contribution in [0.5, 0.6) is 0 Å². The van der Waals surface area contributed by atoms with Gasteiger partial charge >= 0.3 is 0 Å². The van der Waals surface area contributed by atoms with Gasteiger partial charge in [0.25, 0.3) is 5.56 Å². The van der Waals surface area contributed by atoms with Gasteiger partial charge in [0.05, 0.1) is 17.1 Å². The molecule has 2 heterocycles. The van der Waals surface area contributed by atoms with Gasteiger partial charge in [0, 0.05) is 18.5 Å². The minimum Gasteiger partial charge on any atom is -0.287 e. The van der Waals surface area contributed by atoms with Crippen molar-refractivity contribution < 1.29 is 0 Å². The molecule has 0 saturated carbocycles. The molecule has 0 fully saturated rings. The molecule has 0 aliphatic carbocycles. The number of thioether (sulfide) groups is 1. The van der Waals surface area contributed by atoms with E-state index in [-0.39, 0.29) is 5.56 Å². The van der Waals surface area contributed by atoms with E-state index >= 15 is 0 Å². The molecule has 1 aromatic carbocycles. The van der Waals surface area contributed by atoms with E-state index in [0.717, 1.165) is 29.3 Å². The van der Waals surface area contributed by atoms with E-state index in [2.05, 4.69) is 15.2 Å². The zero-order chi connectivity index (χ0) is 15.4. The molecule has 2 aromatic heterocycles. The molecule has 0 unspecified atom stereocenters. The summed E-state index contributed by atoms with van der Waals surface area (Å²) >= 11 is 1.64. The Balaban J connectivity index is 1.76. The number of aromatic nitrogens is 4. The van der Waals surface area contributed by atoms with Crippen LogP contribution in [-0.2, 0) is 13.0 Å². The maximum absolute atomic E-state index is 12.5. The summed E-state index contributed by atoms with van der Waals surface area (Å²) in [4.78, 5) is 17.1. The topological polar surface area (TPSA) is 63.6 Å². The quantitative estimate of drug-likeness (QED) is 0.432. The summed E-state index contributed by atoms with van der Waals surface area (Å²) in [5, 5.41) is 8.25. The fourth-order valence-electron chi connectivity index (χ4n) is 2.39. The average molecular weight is 314 g/mol. The molecule has 114 valence electrons. The van der Waals surface area contributed by atoms with Crippen molar-refractivity contribution in [1.29, 1.82) is 0 Å². The Morgan fingerprint density at radius 1 is 1.32 bits per heavy atom. The van der Waals surface area contributed by atoms with Crippen LogP contribution < -0.4 is 5.56 Å². The van der Waals surface area contributed by atoms with Crippen molar-refractivity contribution in [2.75, 3.05) is 5.75 Å². The molecular formula is C16H18N4OS. The normalized spacial score (nSPS) is 11.1. The summed E-state index contributed by atoms with van der Waals surface area (Å²) < 4.78 is 1.75. The monoisotopic (exact) mass is 314 g/mol. The second-order valence-corrected chi connectivity index (χ2v) is 6.08. The van der Waals surface area contributed by atoms with Gasteiger partial charge in [0.1, 0.15) is 0 Å². The SMILES string of the molecule is CCn1c(SCCCc2cn[nH]c2)nc2ccccc2c1=O. The van der Waals surface area contributed by atoms with Crippen LogP contribution in [0.2, 0.25) is 0 Å². The van der Waals surface area contributed by atoms with Crippen LogP contribution >= 0.6 is 11.8 Å². The van der Waals surface area contributed by atoms with Crippen molar-refractivity contribution in [1.82, 2.24) is 19.7 Å². The molecule has 22 heavy (non-hydrogen) atoms. The molecular weight excluding hydrogens is 296 g/mol. The lowest BCUT2D eigenvalue weighted by Gasteiger charge is -2.10. The molecule has 0 bridgehead atoms. The number of rotatable bonds is 6. The highest BCUT2D eigenvalue weighted by molar-refractivity contribution is 7.99. The Morgan fingerprint density at radius 3 is 2.95 bits per heavy atom. The summed E-state index contributed by atoms with van der Waals surface area (Å²) in [6.45, 7) is 2.62. The van der Waals surface area contributed by atoms with Gasteiger partial charge < -0.3 is 0 Å². The van der Waals surface area contributed by atoms with Gasteiger partial charge in [0.2, 0.25) is 0 Å². The predicted octanol–water partition coefficient (Wildman–Crippen LogP) is 2.86. The number of aromatic amines is 1. The predicted molar refractivity (Wildman–Crippen MR) is 89.3 cm³/mol. The van der Waals surface area contributed by atoms with E-state index < -0.39 is 0 Å². The Bertz CT molecular complexity index is 811. The lowest BCUT2D eigenvalue weighted by Crippen LogP contribution is -2.22. The van der Waals surface area contributed by atoms with Crippen molar-refractivity contribution in [3.05, 3.63) is 52.6 Å². The highest BCUT2D eigenvalue weighted by Crippen LogP contribution is 2.19. The Kier molecular flexibility index (Phi) is 4.58. The fourth-order valence-corrected chi connectivity index (χ4v) is 3.39. The number of fused-ring (bicyclic) bond motifs is 1. The smallest absolute Gasteiger partial charge is 0.262 e. The van der Waals surface area contributed by atoms with E-state index in [1.165, 1.54) is 5.56 Å². The molecule has 0 amide bonds. The first-order chi connectivity index (χ1) is 10.8. The highest BCUT2D eigenvalue weighted by atomic mass is 32.2. The van der Waals surface area contributed by atoms with Gasteiger partial charge in [-0.3, -0.25) is 14.5 Å². The number of para-hydroxylation sites is 1. The largest absolute Gasteiger partial charge is 0.287 e. The molecule has 3 aromatic rings. The van der Waals surface area contributed by atoms with Crippen LogP contribution in [-0.4, -0.2) is 25.5 Å². The Morgan fingerprint density at radius 2 is 2.18 bits per heavy atom. The second kappa shape index (κ2) is 6.79. The van der Waals surface area contributed by atoms with E-state index in [9.17, 15) is 4.79 Å². The Labute approximate surface area is 132 Å². The molecule has 1 N–H and O–H groups in total. The molecule has 6 heteroatoms. The molecule has 5 nitrogen and oxygen atoms in total. The van der Waals surface area contributed by atoms with E-state index in [1.807, 2.05) is 43.6 Å². The standard InChI is InChI=1S/C16H18N4OS/c1-2-20-15(21)13-7-3-4-8-14(13)19-16(20)22-9-5-6-12-10-17-18-11-12/h3-4,7-8,10-11H,2,5-6,9H2,1H3,(H,17,18). The first kappa shape index (κ1) is 14.8. The maximum atomic E-state index is 12.5. The minimum absolute atomic E-state index is 0.0467. The van der Waals surface area contributed by atoms with Crippen molar-refractivity contribution >= 4 is 22.7 Å². The third-order valence-electron chi connectivity index (χ3n) is 3.54.